The van der Waals surface area contributed by atoms with Gasteiger partial charge in [0.2, 0.25) is 0 Å². The van der Waals surface area contributed by atoms with Gasteiger partial charge in [0.15, 0.2) is 0 Å². The average Bonchev–Trinajstić information content (AvgIpc) is 2.58. The normalized spacial score (nSPS) is 9.95. The quantitative estimate of drug-likeness (QED) is 0.472. The molecular formula is C20H15Te+. The zero-order chi connectivity index (χ0) is 14.3. The summed E-state index contributed by atoms with van der Waals surface area (Å²) in [5.41, 5.74) is 1.09. The van der Waals surface area contributed by atoms with Crippen molar-refractivity contribution < 1.29 is 0 Å². The summed E-state index contributed by atoms with van der Waals surface area (Å²) >= 11 is -1.84. The van der Waals surface area contributed by atoms with Gasteiger partial charge in [0.05, 0.1) is 0 Å². The summed E-state index contributed by atoms with van der Waals surface area (Å²) in [7, 11) is 0. The van der Waals surface area contributed by atoms with Crippen LogP contribution in [0.4, 0.5) is 0 Å². The standard InChI is InChI=1S/C20H15Te/c1-4-10-18(11-5-1)16-17-21(19-12-6-2-7-13-19)20-14-8-3-9-15-20/h1-15H/q+1. The number of hydrogen-bond donors (Lipinski definition) is 0. The van der Waals surface area contributed by atoms with Gasteiger partial charge in [0, 0.05) is 0 Å². The van der Waals surface area contributed by atoms with E-state index in [-0.39, 0.29) is 0 Å². The van der Waals surface area contributed by atoms with Gasteiger partial charge < -0.3 is 0 Å². The van der Waals surface area contributed by atoms with Crippen LogP contribution in [0.15, 0.2) is 91.0 Å². The molecule has 0 heterocycles. The maximum absolute atomic E-state index is 3.59. The molecular weight excluding hydrogens is 368 g/mol. The Balaban J connectivity index is 2.00. The second-order valence-electron chi connectivity index (χ2n) is 4.53. The first kappa shape index (κ1) is 14.0. The number of hydrogen-bond acceptors (Lipinski definition) is 0. The summed E-state index contributed by atoms with van der Waals surface area (Å²) in [6.45, 7) is 0. The van der Waals surface area contributed by atoms with Crippen LogP contribution >= 0.6 is 0 Å². The Kier molecular flexibility index (Phi) is 4.75. The molecule has 0 aromatic heterocycles. The first-order chi connectivity index (χ1) is 10.4. The van der Waals surface area contributed by atoms with Crippen molar-refractivity contribution in [1.82, 2.24) is 0 Å². The molecule has 21 heavy (non-hydrogen) atoms. The Hall–Kier alpha value is -1.99. The Morgan fingerprint density at radius 2 is 0.952 bits per heavy atom. The summed E-state index contributed by atoms with van der Waals surface area (Å²) in [5, 5.41) is 0. The van der Waals surface area contributed by atoms with E-state index in [1.807, 2.05) is 18.2 Å². The molecule has 0 aliphatic heterocycles. The van der Waals surface area contributed by atoms with Gasteiger partial charge in [-0.25, -0.2) is 0 Å². The molecule has 0 N–H and O–H groups in total. The minimum atomic E-state index is -1.84. The van der Waals surface area contributed by atoms with E-state index in [4.69, 9.17) is 0 Å². The summed E-state index contributed by atoms with van der Waals surface area (Å²) in [5.74, 6) is 3.37. The molecule has 3 aromatic rings. The van der Waals surface area contributed by atoms with Crippen LogP contribution in [0.2, 0.25) is 0 Å². The third kappa shape index (κ3) is 3.77. The molecule has 0 fully saturated rings. The molecule has 3 aromatic carbocycles. The molecule has 0 saturated heterocycles. The molecule has 0 nitrogen and oxygen atoms in total. The van der Waals surface area contributed by atoms with E-state index in [9.17, 15) is 0 Å². The van der Waals surface area contributed by atoms with Crippen LogP contribution < -0.4 is 7.22 Å². The van der Waals surface area contributed by atoms with Crippen LogP contribution in [0, 0.1) is 9.89 Å². The third-order valence-corrected chi connectivity index (χ3v) is 8.15. The fraction of sp³-hybridized carbons (Fsp3) is 0. The van der Waals surface area contributed by atoms with Gasteiger partial charge in [-0.05, 0) is 0 Å². The zero-order valence-corrected chi connectivity index (χ0v) is 13.9. The van der Waals surface area contributed by atoms with Crippen molar-refractivity contribution in [3.8, 4) is 9.89 Å². The molecule has 0 aliphatic rings. The molecule has 100 valence electrons. The van der Waals surface area contributed by atoms with Crippen molar-refractivity contribution in [2.75, 3.05) is 0 Å². The van der Waals surface area contributed by atoms with Crippen LogP contribution in [0.3, 0.4) is 0 Å². The van der Waals surface area contributed by atoms with Crippen molar-refractivity contribution in [3.63, 3.8) is 0 Å². The van der Waals surface area contributed by atoms with Gasteiger partial charge in [-0.15, -0.1) is 0 Å². The molecule has 0 amide bonds. The van der Waals surface area contributed by atoms with Crippen molar-refractivity contribution in [2.45, 2.75) is 0 Å². The fourth-order valence-corrected chi connectivity index (χ4v) is 6.53. The molecule has 0 bridgehead atoms. The van der Waals surface area contributed by atoms with Gasteiger partial charge in [-0.2, -0.15) is 0 Å². The van der Waals surface area contributed by atoms with Crippen molar-refractivity contribution in [3.05, 3.63) is 96.6 Å². The van der Waals surface area contributed by atoms with Crippen LogP contribution in [0.1, 0.15) is 5.56 Å². The topological polar surface area (TPSA) is 0 Å². The van der Waals surface area contributed by atoms with Gasteiger partial charge in [0.1, 0.15) is 0 Å². The fourth-order valence-electron chi connectivity index (χ4n) is 2.00. The minimum absolute atomic E-state index is 1.09. The molecule has 0 radical (unpaired) electrons. The van der Waals surface area contributed by atoms with Crippen LogP contribution in [0.25, 0.3) is 0 Å². The maximum atomic E-state index is 3.59. The molecule has 0 saturated carbocycles. The number of rotatable bonds is 2. The van der Waals surface area contributed by atoms with E-state index < -0.39 is 19.6 Å². The summed E-state index contributed by atoms with van der Waals surface area (Å²) < 4.78 is 6.39. The van der Waals surface area contributed by atoms with Gasteiger partial charge in [0.25, 0.3) is 0 Å². The van der Waals surface area contributed by atoms with Crippen LogP contribution in [-0.2, 0) is 0 Å². The predicted octanol–water partition coefficient (Wildman–Crippen LogP) is 2.89. The van der Waals surface area contributed by atoms with Gasteiger partial charge >= 0.3 is 133 Å². The SMILES string of the molecule is C(#C[Te+](c1ccccc1)c1ccccc1)c1ccccc1. The van der Waals surface area contributed by atoms with E-state index in [1.54, 1.807) is 0 Å². The first-order valence-corrected chi connectivity index (χ1v) is 10.3. The van der Waals surface area contributed by atoms with E-state index in [2.05, 4.69) is 82.7 Å². The zero-order valence-electron chi connectivity index (χ0n) is 11.6. The molecule has 0 spiro atoms. The third-order valence-electron chi connectivity index (χ3n) is 3.03. The molecule has 0 unspecified atom stereocenters. The average molecular weight is 383 g/mol. The monoisotopic (exact) mass is 385 g/mol. The molecule has 3 rings (SSSR count). The Morgan fingerprint density at radius 1 is 0.524 bits per heavy atom. The van der Waals surface area contributed by atoms with Crippen molar-refractivity contribution in [2.24, 2.45) is 0 Å². The van der Waals surface area contributed by atoms with E-state index in [0.717, 1.165) is 5.56 Å². The van der Waals surface area contributed by atoms with Crippen LogP contribution in [-0.4, -0.2) is 19.6 Å². The second-order valence-corrected chi connectivity index (χ2v) is 9.55. The van der Waals surface area contributed by atoms with Crippen molar-refractivity contribution in [1.29, 1.82) is 0 Å². The summed E-state index contributed by atoms with van der Waals surface area (Å²) in [4.78, 5) is 0. The first-order valence-electron chi connectivity index (χ1n) is 6.84. The van der Waals surface area contributed by atoms with E-state index >= 15 is 0 Å². The van der Waals surface area contributed by atoms with Gasteiger partial charge in [-0.1, -0.05) is 0 Å². The van der Waals surface area contributed by atoms with Crippen molar-refractivity contribution >= 4 is 26.8 Å². The number of benzene rings is 3. The molecule has 0 atom stereocenters. The van der Waals surface area contributed by atoms with Crippen LogP contribution in [0.5, 0.6) is 0 Å². The van der Waals surface area contributed by atoms with Gasteiger partial charge in [-0.3, -0.25) is 0 Å². The Labute approximate surface area is 133 Å². The Bertz CT molecular complexity index is 698. The summed E-state index contributed by atoms with van der Waals surface area (Å²) in [6.07, 6.45) is 0. The molecule has 0 aliphatic carbocycles. The Morgan fingerprint density at radius 3 is 1.43 bits per heavy atom. The molecule has 1 heteroatoms. The second kappa shape index (κ2) is 7.14. The summed E-state index contributed by atoms with van der Waals surface area (Å²) in [6, 6.07) is 31.6. The predicted molar refractivity (Wildman–Crippen MR) is 91.2 cm³/mol. The van der Waals surface area contributed by atoms with E-state index in [0.29, 0.717) is 0 Å². The van der Waals surface area contributed by atoms with E-state index in [1.165, 1.54) is 7.22 Å².